The highest BCUT2D eigenvalue weighted by Crippen LogP contribution is 2.28. The molecule has 0 heterocycles. The Morgan fingerprint density at radius 3 is 2.52 bits per heavy atom. The van der Waals surface area contributed by atoms with E-state index in [9.17, 15) is 9.59 Å². The molecule has 2 aromatic carbocycles. The molecule has 0 bridgehead atoms. The standard InChI is InChI=1S/C17H15Cl2NO3/c1-10(21)12-4-3-5-14(8-12)20-17(22)11(2)23-16-7-6-13(18)9-15(16)19/h3-9,11H,1-2H3,(H,20,22)/t11-/m1/s1. The van der Waals surface area contributed by atoms with Gasteiger partial charge in [-0.05, 0) is 44.2 Å². The highest BCUT2D eigenvalue weighted by Gasteiger charge is 2.16. The van der Waals surface area contributed by atoms with Crippen LogP contribution >= 0.6 is 23.2 Å². The molecule has 0 radical (unpaired) electrons. The van der Waals surface area contributed by atoms with Gasteiger partial charge in [-0.2, -0.15) is 0 Å². The largest absolute Gasteiger partial charge is 0.479 e. The number of halogens is 2. The molecule has 0 aromatic heterocycles. The van der Waals surface area contributed by atoms with Crippen molar-refractivity contribution in [2.24, 2.45) is 0 Å². The molecule has 6 heteroatoms. The summed E-state index contributed by atoms with van der Waals surface area (Å²) in [6, 6.07) is 11.5. The van der Waals surface area contributed by atoms with Gasteiger partial charge in [-0.1, -0.05) is 35.3 Å². The zero-order chi connectivity index (χ0) is 17.0. The van der Waals surface area contributed by atoms with Gasteiger partial charge in [0.25, 0.3) is 5.91 Å². The summed E-state index contributed by atoms with van der Waals surface area (Å²) in [7, 11) is 0. The molecule has 0 aliphatic carbocycles. The van der Waals surface area contributed by atoms with Crippen molar-refractivity contribution in [1.29, 1.82) is 0 Å². The predicted molar refractivity (Wildman–Crippen MR) is 91.6 cm³/mol. The lowest BCUT2D eigenvalue weighted by molar-refractivity contribution is -0.122. The van der Waals surface area contributed by atoms with E-state index in [0.717, 1.165) is 0 Å². The summed E-state index contributed by atoms with van der Waals surface area (Å²) in [6.07, 6.45) is -0.769. The maximum absolute atomic E-state index is 12.2. The van der Waals surface area contributed by atoms with E-state index in [1.165, 1.54) is 6.92 Å². The zero-order valence-electron chi connectivity index (χ0n) is 12.6. The Hall–Kier alpha value is -2.04. The number of hydrogen-bond donors (Lipinski definition) is 1. The molecule has 120 valence electrons. The van der Waals surface area contributed by atoms with Crippen LogP contribution in [0.25, 0.3) is 0 Å². The summed E-state index contributed by atoms with van der Waals surface area (Å²) >= 11 is 11.8. The van der Waals surface area contributed by atoms with Gasteiger partial charge >= 0.3 is 0 Å². The topological polar surface area (TPSA) is 55.4 Å². The third kappa shape index (κ3) is 4.71. The van der Waals surface area contributed by atoms with Crippen molar-refractivity contribution in [2.75, 3.05) is 5.32 Å². The molecule has 0 aliphatic heterocycles. The lowest BCUT2D eigenvalue weighted by atomic mass is 10.1. The summed E-state index contributed by atoms with van der Waals surface area (Å²) in [6.45, 7) is 3.07. The van der Waals surface area contributed by atoms with E-state index in [4.69, 9.17) is 27.9 Å². The fourth-order valence-electron chi connectivity index (χ4n) is 1.87. The maximum Gasteiger partial charge on any atom is 0.265 e. The third-order valence-corrected chi connectivity index (χ3v) is 3.63. The molecule has 2 aromatic rings. The molecule has 0 fully saturated rings. The maximum atomic E-state index is 12.2. The van der Waals surface area contributed by atoms with Crippen molar-refractivity contribution < 1.29 is 14.3 Å². The molecule has 2 rings (SSSR count). The monoisotopic (exact) mass is 351 g/mol. The van der Waals surface area contributed by atoms with E-state index in [2.05, 4.69) is 5.32 Å². The van der Waals surface area contributed by atoms with Gasteiger partial charge < -0.3 is 10.1 Å². The number of amides is 1. The first-order chi connectivity index (χ1) is 10.9. The van der Waals surface area contributed by atoms with E-state index in [0.29, 0.717) is 27.0 Å². The molecule has 1 N–H and O–H groups in total. The molecular weight excluding hydrogens is 337 g/mol. The van der Waals surface area contributed by atoms with E-state index in [-0.39, 0.29) is 11.7 Å². The minimum atomic E-state index is -0.769. The molecule has 4 nitrogen and oxygen atoms in total. The second-order valence-electron chi connectivity index (χ2n) is 4.96. The van der Waals surface area contributed by atoms with Crippen LogP contribution in [0.4, 0.5) is 5.69 Å². The Bertz CT molecular complexity index is 746. The Morgan fingerprint density at radius 2 is 1.87 bits per heavy atom. The number of anilines is 1. The van der Waals surface area contributed by atoms with E-state index in [1.807, 2.05) is 0 Å². The quantitative estimate of drug-likeness (QED) is 0.800. The smallest absolute Gasteiger partial charge is 0.265 e. The van der Waals surface area contributed by atoms with Gasteiger partial charge in [-0.3, -0.25) is 9.59 Å². The van der Waals surface area contributed by atoms with Crippen molar-refractivity contribution in [3.8, 4) is 5.75 Å². The van der Waals surface area contributed by atoms with Crippen molar-refractivity contribution in [3.63, 3.8) is 0 Å². The van der Waals surface area contributed by atoms with Gasteiger partial charge in [0.1, 0.15) is 5.75 Å². The van der Waals surface area contributed by atoms with Crippen LogP contribution < -0.4 is 10.1 Å². The van der Waals surface area contributed by atoms with Gasteiger partial charge in [0.2, 0.25) is 0 Å². The van der Waals surface area contributed by atoms with E-state index >= 15 is 0 Å². The minimum absolute atomic E-state index is 0.0710. The van der Waals surface area contributed by atoms with Crippen LogP contribution in [-0.2, 0) is 4.79 Å². The lowest BCUT2D eigenvalue weighted by Gasteiger charge is -2.16. The van der Waals surface area contributed by atoms with Crippen LogP contribution in [-0.4, -0.2) is 17.8 Å². The SMILES string of the molecule is CC(=O)c1cccc(NC(=O)[C@@H](C)Oc2ccc(Cl)cc2Cl)c1. The molecule has 23 heavy (non-hydrogen) atoms. The first-order valence-electron chi connectivity index (χ1n) is 6.90. The number of hydrogen-bond acceptors (Lipinski definition) is 3. The molecule has 0 spiro atoms. The number of ether oxygens (including phenoxy) is 1. The predicted octanol–water partition coefficient (Wildman–Crippen LogP) is 4.60. The number of benzene rings is 2. The molecule has 0 unspecified atom stereocenters. The highest BCUT2D eigenvalue weighted by molar-refractivity contribution is 6.35. The second-order valence-corrected chi connectivity index (χ2v) is 5.80. The second kappa shape index (κ2) is 7.49. The van der Waals surface area contributed by atoms with Gasteiger partial charge in [0, 0.05) is 16.3 Å². The lowest BCUT2D eigenvalue weighted by Crippen LogP contribution is -2.30. The number of Topliss-reactive ketones (excluding diaryl/α,β-unsaturated/α-hetero) is 1. The number of ketones is 1. The zero-order valence-corrected chi connectivity index (χ0v) is 14.1. The summed E-state index contributed by atoms with van der Waals surface area (Å²) in [4.78, 5) is 23.5. The van der Waals surface area contributed by atoms with Crippen LogP contribution in [0.5, 0.6) is 5.75 Å². The number of carbonyl (C=O) groups is 2. The Labute approximate surface area is 144 Å². The van der Waals surface area contributed by atoms with Crippen molar-refractivity contribution in [3.05, 3.63) is 58.1 Å². The average Bonchev–Trinajstić information content (AvgIpc) is 2.50. The highest BCUT2D eigenvalue weighted by atomic mass is 35.5. The van der Waals surface area contributed by atoms with Crippen LogP contribution in [0, 0.1) is 0 Å². The van der Waals surface area contributed by atoms with Gasteiger partial charge in [0.05, 0.1) is 5.02 Å². The summed E-state index contributed by atoms with van der Waals surface area (Å²) in [5.41, 5.74) is 1.05. The minimum Gasteiger partial charge on any atom is -0.479 e. The fourth-order valence-corrected chi connectivity index (χ4v) is 2.33. The van der Waals surface area contributed by atoms with Gasteiger partial charge in [0.15, 0.2) is 11.9 Å². The number of rotatable bonds is 5. The molecule has 0 saturated carbocycles. The summed E-state index contributed by atoms with van der Waals surface area (Å²) < 4.78 is 5.54. The average molecular weight is 352 g/mol. The Balaban J connectivity index is 2.05. The fraction of sp³-hybridized carbons (Fsp3) is 0.176. The summed E-state index contributed by atoms with van der Waals surface area (Å²) in [5.74, 6) is -0.0498. The Kier molecular flexibility index (Phi) is 5.64. The van der Waals surface area contributed by atoms with E-state index in [1.54, 1.807) is 49.4 Å². The van der Waals surface area contributed by atoms with Crippen LogP contribution in [0.3, 0.4) is 0 Å². The van der Waals surface area contributed by atoms with Crippen LogP contribution in [0.2, 0.25) is 10.0 Å². The normalized spacial score (nSPS) is 11.7. The number of carbonyl (C=O) groups excluding carboxylic acids is 2. The van der Waals surface area contributed by atoms with Gasteiger partial charge in [-0.15, -0.1) is 0 Å². The molecule has 1 atom stereocenters. The van der Waals surface area contributed by atoms with Crippen molar-refractivity contribution in [1.82, 2.24) is 0 Å². The molecule has 0 saturated heterocycles. The number of nitrogens with one attached hydrogen (secondary N) is 1. The molecule has 1 amide bonds. The van der Waals surface area contributed by atoms with Crippen LogP contribution in [0.15, 0.2) is 42.5 Å². The molecular formula is C17H15Cl2NO3. The van der Waals surface area contributed by atoms with Crippen molar-refractivity contribution >= 4 is 40.6 Å². The van der Waals surface area contributed by atoms with Gasteiger partial charge in [-0.25, -0.2) is 0 Å². The van der Waals surface area contributed by atoms with E-state index < -0.39 is 6.10 Å². The first-order valence-corrected chi connectivity index (χ1v) is 7.66. The summed E-state index contributed by atoms with van der Waals surface area (Å²) in [5, 5.41) is 3.52. The Morgan fingerprint density at radius 1 is 1.13 bits per heavy atom. The van der Waals surface area contributed by atoms with Crippen LogP contribution in [0.1, 0.15) is 24.2 Å². The van der Waals surface area contributed by atoms with Crippen molar-refractivity contribution in [2.45, 2.75) is 20.0 Å². The third-order valence-electron chi connectivity index (χ3n) is 3.10. The first kappa shape index (κ1) is 17.3. The molecule has 0 aliphatic rings.